The van der Waals surface area contributed by atoms with Gasteiger partial charge in [0.25, 0.3) is 0 Å². The molecule has 1 aliphatic rings. The summed E-state index contributed by atoms with van der Waals surface area (Å²) in [7, 11) is 0.821. The summed E-state index contributed by atoms with van der Waals surface area (Å²) in [5.41, 5.74) is -8.47. The van der Waals surface area contributed by atoms with Gasteiger partial charge in [-0.2, -0.15) is 26.3 Å². The van der Waals surface area contributed by atoms with Crippen LogP contribution in [-0.4, -0.2) is 43.2 Å². The first-order valence-electron chi connectivity index (χ1n) is 10.2. The average Bonchev–Trinajstić information content (AvgIpc) is 2.79. The maximum Gasteiger partial charge on any atom is 0.436 e. The largest absolute Gasteiger partial charge is 0.462 e. The Labute approximate surface area is 208 Å². The molecule has 0 radical (unpaired) electrons. The molecule has 0 heterocycles. The smallest absolute Gasteiger partial charge is 0.436 e. The van der Waals surface area contributed by atoms with Gasteiger partial charge in [0.1, 0.15) is 12.8 Å². The summed E-state index contributed by atoms with van der Waals surface area (Å²) in [5, 5.41) is 3.02. The molecule has 36 heavy (non-hydrogen) atoms. The third-order valence-corrected chi connectivity index (χ3v) is 5.59. The number of esters is 2. The van der Waals surface area contributed by atoms with Crippen LogP contribution in [0.4, 0.5) is 30.7 Å². The number of nitrogens with zero attached hydrogens (tertiary/aromatic N) is 1. The van der Waals surface area contributed by atoms with Crippen molar-refractivity contribution >= 4 is 33.6 Å². The van der Waals surface area contributed by atoms with E-state index in [1.54, 1.807) is 0 Å². The number of carbonyl (C=O) groups is 2. The van der Waals surface area contributed by atoms with Crippen LogP contribution in [0.5, 0.6) is 0 Å². The van der Waals surface area contributed by atoms with Crippen LogP contribution in [0.25, 0.3) is 0 Å². The third kappa shape index (κ3) is 6.26. The van der Waals surface area contributed by atoms with Gasteiger partial charge in [-0.25, -0.2) is 14.0 Å². The van der Waals surface area contributed by atoms with Crippen molar-refractivity contribution < 1.29 is 54.6 Å². The molecule has 0 spiro atoms. The second-order valence-electron chi connectivity index (χ2n) is 7.32. The molecule has 14 heteroatoms. The zero-order valence-corrected chi connectivity index (χ0v) is 20.3. The SMILES string of the molecule is CCCCCOC(=O)C1=CC(=NOC)[C@](F)(C(F)(F)F)C(OC(=O)c2ccc(C(F)(F)F)cc2)=C1Br. The van der Waals surface area contributed by atoms with Gasteiger partial charge < -0.3 is 14.3 Å². The van der Waals surface area contributed by atoms with E-state index in [1.807, 2.05) is 6.92 Å². The van der Waals surface area contributed by atoms with Crippen molar-refractivity contribution in [3.63, 3.8) is 0 Å². The highest BCUT2D eigenvalue weighted by Crippen LogP contribution is 2.48. The van der Waals surface area contributed by atoms with Crippen molar-refractivity contribution in [1.29, 1.82) is 0 Å². The Morgan fingerprint density at radius 2 is 1.64 bits per heavy atom. The number of carbonyl (C=O) groups excluding carboxylic acids is 2. The van der Waals surface area contributed by atoms with Gasteiger partial charge in [-0.15, -0.1) is 0 Å². The zero-order valence-electron chi connectivity index (χ0n) is 18.7. The van der Waals surface area contributed by atoms with Crippen LogP contribution in [0.2, 0.25) is 0 Å². The Morgan fingerprint density at radius 3 is 2.14 bits per heavy atom. The van der Waals surface area contributed by atoms with Gasteiger partial charge in [0.05, 0.1) is 27.8 Å². The van der Waals surface area contributed by atoms with Crippen LogP contribution in [0.15, 0.2) is 51.3 Å². The third-order valence-electron chi connectivity index (χ3n) is 4.81. The van der Waals surface area contributed by atoms with Gasteiger partial charge in [0.15, 0.2) is 5.76 Å². The number of rotatable bonds is 8. The maximum absolute atomic E-state index is 15.7. The Morgan fingerprint density at radius 1 is 1.03 bits per heavy atom. The summed E-state index contributed by atoms with van der Waals surface area (Å²) < 4.78 is 105. The van der Waals surface area contributed by atoms with Gasteiger partial charge in [-0.3, -0.25) is 0 Å². The number of hydrogen-bond donors (Lipinski definition) is 0. The highest BCUT2D eigenvalue weighted by Gasteiger charge is 2.66. The van der Waals surface area contributed by atoms with E-state index in [0.717, 1.165) is 13.5 Å². The minimum absolute atomic E-state index is 0.0955. The lowest BCUT2D eigenvalue weighted by Gasteiger charge is -2.32. The fraction of sp³-hybridized carbons (Fsp3) is 0.409. The van der Waals surface area contributed by atoms with Crippen LogP contribution in [-0.2, 0) is 25.3 Å². The molecule has 0 fully saturated rings. The van der Waals surface area contributed by atoms with Gasteiger partial charge in [0.2, 0.25) is 0 Å². The number of hydrogen-bond acceptors (Lipinski definition) is 6. The molecule has 2 rings (SSSR count). The van der Waals surface area contributed by atoms with E-state index in [2.05, 4.69) is 30.7 Å². The van der Waals surface area contributed by atoms with Crippen LogP contribution >= 0.6 is 15.9 Å². The standard InChI is InChI=1S/C22H19BrF7NO5/c1-3-4-5-10-35-19(33)14-11-15(31-34-2)20(24,22(28,29)30)17(16(14)23)36-18(32)12-6-8-13(9-7-12)21(25,26)27/h6-9,11H,3-5,10H2,1-2H3/t20-/m1/s1. The number of halogens is 8. The molecule has 6 nitrogen and oxygen atoms in total. The second-order valence-corrected chi connectivity index (χ2v) is 8.12. The van der Waals surface area contributed by atoms with Crippen LogP contribution in [0.3, 0.4) is 0 Å². The summed E-state index contributed by atoms with van der Waals surface area (Å²) in [6, 6.07) is 2.26. The highest BCUT2D eigenvalue weighted by molar-refractivity contribution is 9.12. The van der Waals surface area contributed by atoms with E-state index >= 15 is 4.39 Å². The zero-order chi connectivity index (χ0) is 27.3. The molecular weight excluding hydrogens is 571 g/mol. The van der Waals surface area contributed by atoms with Crippen molar-refractivity contribution in [2.75, 3.05) is 13.7 Å². The molecule has 0 aliphatic heterocycles. The highest BCUT2D eigenvalue weighted by atomic mass is 79.9. The van der Waals surface area contributed by atoms with E-state index in [-0.39, 0.29) is 6.61 Å². The van der Waals surface area contributed by atoms with Crippen LogP contribution in [0, 0.1) is 0 Å². The monoisotopic (exact) mass is 589 g/mol. The van der Waals surface area contributed by atoms with E-state index in [0.29, 0.717) is 43.2 Å². The van der Waals surface area contributed by atoms with E-state index in [4.69, 9.17) is 4.74 Å². The number of benzene rings is 1. The summed E-state index contributed by atoms with van der Waals surface area (Å²) in [6.45, 7) is 1.79. The summed E-state index contributed by atoms with van der Waals surface area (Å²) in [4.78, 5) is 29.3. The Bertz CT molecular complexity index is 1080. The van der Waals surface area contributed by atoms with E-state index in [9.17, 15) is 35.9 Å². The van der Waals surface area contributed by atoms with E-state index in [1.165, 1.54) is 0 Å². The molecule has 1 aliphatic carbocycles. The molecule has 1 aromatic rings. The number of oxime groups is 1. The van der Waals surface area contributed by atoms with Crippen LogP contribution in [0.1, 0.15) is 42.1 Å². The Hall–Kier alpha value is -2.90. The van der Waals surface area contributed by atoms with Crippen LogP contribution < -0.4 is 0 Å². The minimum atomic E-state index is -5.77. The predicted molar refractivity (Wildman–Crippen MR) is 116 cm³/mol. The molecule has 1 aromatic carbocycles. The number of alkyl halides is 7. The van der Waals surface area contributed by atoms with Crippen molar-refractivity contribution in [2.24, 2.45) is 5.16 Å². The molecule has 0 saturated heterocycles. The lowest BCUT2D eigenvalue weighted by Crippen LogP contribution is -2.52. The fourth-order valence-corrected chi connectivity index (χ4v) is 3.59. The van der Waals surface area contributed by atoms with Gasteiger partial charge in [-0.05, 0) is 52.7 Å². The van der Waals surface area contributed by atoms with Crippen molar-refractivity contribution in [2.45, 2.75) is 44.2 Å². The normalized spacial score (nSPS) is 19.7. The van der Waals surface area contributed by atoms with E-state index < -0.39 is 62.6 Å². The predicted octanol–water partition coefficient (Wildman–Crippen LogP) is 6.42. The van der Waals surface area contributed by atoms with Gasteiger partial charge in [0, 0.05) is 0 Å². The lowest BCUT2D eigenvalue weighted by molar-refractivity contribution is -0.200. The average molecular weight is 590 g/mol. The molecule has 0 unspecified atom stereocenters. The number of ether oxygens (including phenoxy) is 2. The Balaban J connectivity index is 2.54. The molecule has 1 atom stereocenters. The molecule has 0 aromatic heterocycles. The summed E-state index contributed by atoms with van der Waals surface area (Å²) >= 11 is 2.68. The first-order chi connectivity index (χ1) is 16.7. The molecule has 198 valence electrons. The molecule has 0 amide bonds. The molecule has 0 bridgehead atoms. The number of unbranched alkanes of at least 4 members (excludes halogenated alkanes) is 2. The quantitative estimate of drug-likeness (QED) is 0.151. The topological polar surface area (TPSA) is 74.2 Å². The minimum Gasteiger partial charge on any atom is -0.462 e. The van der Waals surface area contributed by atoms with Gasteiger partial charge >= 0.3 is 30.0 Å². The molecule has 0 saturated carbocycles. The second kappa shape index (κ2) is 11.4. The maximum atomic E-state index is 15.7. The van der Waals surface area contributed by atoms with Gasteiger partial charge in [-0.1, -0.05) is 24.9 Å². The summed E-state index contributed by atoms with van der Waals surface area (Å²) in [6.07, 6.45) is -8.16. The van der Waals surface area contributed by atoms with Crippen molar-refractivity contribution in [1.82, 2.24) is 0 Å². The number of allylic oxidation sites excluding steroid dienone is 2. The van der Waals surface area contributed by atoms with Crippen molar-refractivity contribution in [3.05, 3.63) is 57.3 Å². The summed E-state index contributed by atoms with van der Waals surface area (Å²) in [5.74, 6) is -4.52. The van der Waals surface area contributed by atoms with Crippen molar-refractivity contribution in [3.8, 4) is 0 Å². The Kier molecular flexibility index (Phi) is 9.32. The molecular formula is C22H19BrF7NO5. The fourth-order valence-electron chi connectivity index (χ4n) is 2.96. The first kappa shape index (κ1) is 29.3. The molecule has 0 N–H and O–H groups in total. The first-order valence-corrected chi connectivity index (χ1v) is 11.0. The lowest BCUT2D eigenvalue weighted by atomic mass is 9.88.